The predicted octanol–water partition coefficient (Wildman–Crippen LogP) is 4.54. The van der Waals surface area contributed by atoms with Crippen LogP contribution in [0.5, 0.6) is 5.75 Å². The van der Waals surface area contributed by atoms with Gasteiger partial charge < -0.3 is 20.2 Å². The number of nitrogens with zero attached hydrogens (tertiary/aromatic N) is 1. The molecule has 1 aliphatic heterocycles. The molecule has 1 aliphatic rings. The Morgan fingerprint density at radius 2 is 1.79 bits per heavy atom. The zero-order valence-corrected chi connectivity index (χ0v) is 18.9. The lowest BCUT2D eigenvalue weighted by molar-refractivity contribution is -0.137. The molecule has 3 N–H and O–H groups in total. The van der Waals surface area contributed by atoms with Gasteiger partial charge in [0.2, 0.25) is 5.91 Å². The lowest BCUT2D eigenvalue weighted by Gasteiger charge is -2.22. The maximum absolute atomic E-state index is 12.3. The van der Waals surface area contributed by atoms with Crippen LogP contribution in [0.2, 0.25) is 0 Å². The maximum atomic E-state index is 12.3. The Morgan fingerprint density at radius 3 is 2.55 bits per heavy atom. The van der Waals surface area contributed by atoms with E-state index in [0.29, 0.717) is 25.8 Å². The molecule has 1 saturated heterocycles. The fraction of sp³-hybridized carbons (Fsp3) is 0.407. The third kappa shape index (κ3) is 7.75. The van der Waals surface area contributed by atoms with Crippen LogP contribution >= 0.6 is 0 Å². The molecule has 1 heterocycles. The number of phenols is 1. The number of likely N-dealkylation sites (tertiary alicyclic amines) is 1. The molecule has 0 bridgehead atoms. The molecule has 2 atom stereocenters. The minimum absolute atomic E-state index is 0.00444. The molecule has 2 aromatic rings. The number of unbranched alkanes of at least 4 members (excludes halogenated alkanes) is 3. The Morgan fingerprint density at radius 1 is 1.06 bits per heavy atom. The first-order chi connectivity index (χ1) is 15.9. The smallest absolute Gasteiger partial charge is 0.303 e. The second-order valence-electron chi connectivity index (χ2n) is 8.66. The first-order valence-corrected chi connectivity index (χ1v) is 11.7. The van der Waals surface area contributed by atoms with Gasteiger partial charge in [-0.1, -0.05) is 61.4 Å². The van der Waals surface area contributed by atoms with Gasteiger partial charge in [-0.05, 0) is 48.1 Å². The van der Waals surface area contributed by atoms with Gasteiger partial charge in [-0.25, -0.2) is 0 Å². The van der Waals surface area contributed by atoms with Gasteiger partial charge in [-0.2, -0.15) is 0 Å². The lowest BCUT2D eigenvalue weighted by Crippen LogP contribution is -2.32. The van der Waals surface area contributed by atoms with Crippen molar-refractivity contribution >= 4 is 11.9 Å². The summed E-state index contributed by atoms with van der Waals surface area (Å²) < 4.78 is 0. The van der Waals surface area contributed by atoms with Crippen LogP contribution in [0.3, 0.4) is 0 Å². The average molecular weight is 452 g/mol. The Labute approximate surface area is 195 Å². The summed E-state index contributed by atoms with van der Waals surface area (Å²) >= 11 is 0. The zero-order valence-electron chi connectivity index (χ0n) is 18.9. The van der Waals surface area contributed by atoms with Crippen LogP contribution in [0.25, 0.3) is 11.1 Å². The van der Waals surface area contributed by atoms with Gasteiger partial charge in [0, 0.05) is 25.8 Å². The molecular formula is C27H33NO5. The first kappa shape index (κ1) is 24.5. The number of aliphatic hydroxyl groups excluding tert-OH is 1. The number of rotatable bonds is 12. The summed E-state index contributed by atoms with van der Waals surface area (Å²) in [5, 5.41) is 29.0. The van der Waals surface area contributed by atoms with Crippen molar-refractivity contribution in [3.8, 4) is 16.9 Å². The van der Waals surface area contributed by atoms with E-state index in [0.717, 1.165) is 42.4 Å². The highest BCUT2D eigenvalue weighted by Crippen LogP contribution is 2.25. The number of carboxylic acid groups (broad SMARTS) is 1. The number of carbonyl (C=O) groups is 2. The summed E-state index contributed by atoms with van der Waals surface area (Å²) in [7, 11) is 0. The molecule has 0 aromatic heterocycles. The minimum atomic E-state index is -0.764. The van der Waals surface area contributed by atoms with Crippen LogP contribution < -0.4 is 0 Å². The predicted molar refractivity (Wildman–Crippen MR) is 128 cm³/mol. The number of hydrogen-bond donors (Lipinski definition) is 3. The van der Waals surface area contributed by atoms with Crippen molar-refractivity contribution in [2.24, 2.45) is 0 Å². The van der Waals surface area contributed by atoms with E-state index in [1.54, 1.807) is 24.3 Å². The molecule has 6 nitrogen and oxygen atoms in total. The van der Waals surface area contributed by atoms with Crippen molar-refractivity contribution in [1.29, 1.82) is 0 Å². The summed E-state index contributed by atoms with van der Waals surface area (Å²) in [4.78, 5) is 24.7. The molecule has 0 radical (unpaired) electrons. The summed E-state index contributed by atoms with van der Waals surface area (Å²) in [6.07, 6.45) is 8.31. The van der Waals surface area contributed by atoms with Crippen LogP contribution in [0.4, 0.5) is 0 Å². The van der Waals surface area contributed by atoms with Gasteiger partial charge in [0.15, 0.2) is 0 Å². The molecular weight excluding hydrogens is 418 g/mol. The summed E-state index contributed by atoms with van der Waals surface area (Å²) in [6.45, 7) is 0.670. The van der Waals surface area contributed by atoms with Crippen LogP contribution in [-0.2, 0) is 16.0 Å². The maximum Gasteiger partial charge on any atom is 0.303 e. The molecule has 6 heteroatoms. The van der Waals surface area contributed by atoms with E-state index in [1.807, 2.05) is 41.3 Å². The van der Waals surface area contributed by atoms with E-state index in [1.165, 1.54) is 0 Å². The fourth-order valence-corrected chi connectivity index (χ4v) is 4.29. The molecule has 33 heavy (non-hydrogen) atoms. The number of aromatic hydroxyl groups is 1. The molecule has 176 valence electrons. The molecule has 0 saturated carbocycles. The normalized spacial score (nSPS) is 17.1. The Hall–Kier alpha value is -3.12. The van der Waals surface area contributed by atoms with E-state index in [9.17, 15) is 19.8 Å². The number of carboxylic acids is 1. The minimum Gasteiger partial charge on any atom is -0.508 e. The Bertz CT molecular complexity index is 970. The number of amides is 1. The number of hydrogen-bond acceptors (Lipinski definition) is 4. The van der Waals surface area contributed by atoms with E-state index >= 15 is 0 Å². The number of aliphatic hydroxyl groups is 1. The van der Waals surface area contributed by atoms with Crippen LogP contribution in [0.1, 0.15) is 50.5 Å². The quantitative estimate of drug-likeness (QED) is 0.325. The first-order valence-electron chi connectivity index (χ1n) is 11.7. The van der Waals surface area contributed by atoms with E-state index < -0.39 is 12.1 Å². The molecule has 0 unspecified atom stereocenters. The van der Waals surface area contributed by atoms with Gasteiger partial charge >= 0.3 is 5.97 Å². The van der Waals surface area contributed by atoms with Crippen molar-refractivity contribution in [2.45, 2.75) is 63.5 Å². The van der Waals surface area contributed by atoms with Gasteiger partial charge in [-0.15, -0.1) is 0 Å². The monoisotopic (exact) mass is 451 g/mol. The van der Waals surface area contributed by atoms with Crippen LogP contribution in [0.15, 0.2) is 60.7 Å². The van der Waals surface area contributed by atoms with Crippen molar-refractivity contribution in [3.05, 3.63) is 66.2 Å². The topological polar surface area (TPSA) is 98.1 Å². The Kier molecular flexibility index (Phi) is 9.07. The molecule has 3 rings (SSSR count). The standard InChI is InChI=1S/C27H33NO5/c29-24-10-6-9-22(19-24)21-8-5-7-20(17-21)18-25(30)14-12-23-13-15-26(31)28(23)16-4-2-1-3-11-27(32)33/h5-10,12,14,17,19,23,25,29-30H,1-4,11,13,15-16,18H2,(H,32,33)/t23-,25+/m0/s1. The molecule has 0 spiro atoms. The summed E-state index contributed by atoms with van der Waals surface area (Å²) in [5.74, 6) is -0.403. The van der Waals surface area contributed by atoms with E-state index in [2.05, 4.69) is 0 Å². The van der Waals surface area contributed by atoms with Crippen molar-refractivity contribution in [1.82, 2.24) is 4.90 Å². The zero-order chi connectivity index (χ0) is 23.6. The number of benzene rings is 2. The molecule has 0 aliphatic carbocycles. The van der Waals surface area contributed by atoms with Crippen molar-refractivity contribution in [2.75, 3.05) is 6.54 Å². The second kappa shape index (κ2) is 12.2. The van der Waals surface area contributed by atoms with Crippen LogP contribution in [-0.4, -0.2) is 50.8 Å². The second-order valence-corrected chi connectivity index (χ2v) is 8.66. The number of aliphatic carboxylic acids is 1. The number of phenolic OH excluding ortho intramolecular Hbond substituents is 1. The van der Waals surface area contributed by atoms with Crippen molar-refractivity contribution < 1.29 is 24.9 Å². The SMILES string of the molecule is O=C(O)CCCCCCN1C(=O)CC[C@@H]1C=C[C@@H](O)Cc1cccc(-c2cccc(O)c2)c1. The lowest BCUT2D eigenvalue weighted by atomic mass is 9.99. The highest BCUT2D eigenvalue weighted by Gasteiger charge is 2.28. The van der Waals surface area contributed by atoms with E-state index in [4.69, 9.17) is 5.11 Å². The van der Waals surface area contributed by atoms with Gasteiger partial charge in [-0.3, -0.25) is 9.59 Å². The Balaban J connectivity index is 1.51. The highest BCUT2D eigenvalue weighted by atomic mass is 16.4. The van der Waals surface area contributed by atoms with Crippen LogP contribution in [0, 0.1) is 0 Å². The average Bonchev–Trinajstić information content (AvgIpc) is 3.14. The summed E-state index contributed by atoms with van der Waals surface area (Å²) in [6, 6.07) is 15.0. The third-order valence-electron chi connectivity index (χ3n) is 6.02. The molecule has 1 fully saturated rings. The number of carbonyl (C=O) groups excluding carboxylic acids is 1. The van der Waals surface area contributed by atoms with E-state index in [-0.39, 0.29) is 24.1 Å². The van der Waals surface area contributed by atoms with Crippen molar-refractivity contribution in [3.63, 3.8) is 0 Å². The fourth-order valence-electron chi connectivity index (χ4n) is 4.29. The summed E-state index contributed by atoms with van der Waals surface area (Å²) in [5.41, 5.74) is 2.90. The highest BCUT2D eigenvalue weighted by molar-refractivity contribution is 5.79. The largest absolute Gasteiger partial charge is 0.508 e. The third-order valence-corrected chi connectivity index (χ3v) is 6.02. The molecule has 1 amide bonds. The van der Waals surface area contributed by atoms with Gasteiger partial charge in [0.05, 0.1) is 12.1 Å². The molecule has 2 aromatic carbocycles. The van der Waals surface area contributed by atoms with Gasteiger partial charge in [0.1, 0.15) is 5.75 Å². The van der Waals surface area contributed by atoms with Gasteiger partial charge in [0.25, 0.3) is 0 Å².